The van der Waals surface area contributed by atoms with Crippen molar-refractivity contribution in [3.8, 4) is 0 Å². The number of rotatable bonds is 3. The Labute approximate surface area is 112 Å². The summed E-state index contributed by atoms with van der Waals surface area (Å²) in [5.74, 6) is 0.507. The van der Waals surface area contributed by atoms with Crippen molar-refractivity contribution in [3.63, 3.8) is 0 Å². The normalized spacial score (nSPS) is 12.6. The van der Waals surface area contributed by atoms with Gasteiger partial charge in [-0.25, -0.2) is 4.98 Å². The maximum atomic E-state index is 6.25. The molecule has 0 fully saturated rings. The lowest BCUT2D eigenvalue weighted by atomic mass is 10.0. The van der Waals surface area contributed by atoms with Gasteiger partial charge in [0.15, 0.2) is 0 Å². The summed E-state index contributed by atoms with van der Waals surface area (Å²) in [4.78, 5) is 6.52. The first-order valence-corrected chi connectivity index (χ1v) is 6.28. The SMILES string of the molecule is CN(C)C(C)(C)Cn1c(N)nc2cccc(Cl)c21. The van der Waals surface area contributed by atoms with E-state index in [0.717, 1.165) is 17.6 Å². The summed E-state index contributed by atoms with van der Waals surface area (Å²) < 4.78 is 1.98. The Kier molecular flexibility index (Phi) is 3.25. The van der Waals surface area contributed by atoms with Gasteiger partial charge in [-0.3, -0.25) is 0 Å². The van der Waals surface area contributed by atoms with Crippen LogP contribution in [0.4, 0.5) is 5.95 Å². The molecule has 0 amide bonds. The maximum absolute atomic E-state index is 6.25. The van der Waals surface area contributed by atoms with Crippen molar-refractivity contribution in [3.05, 3.63) is 23.2 Å². The molecular weight excluding hydrogens is 248 g/mol. The fraction of sp³-hybridized carbons (Fsp3) is 0.462. The third-order valence-corrected chi connectivity index (χ3v) is 3.81. The number of likely N-dealkylation sites (N-methyl/N-ethyl adjacent to an activating group) is 1. The molecule has 0 saturated heterocycles. The molecule has 0 aliphatic carbocycles. The Morgan fingerprint density at radius 1 is 1.39 bits per heavy atom. The van der Waals surface area contributed by atoms with E-state index < -0.39 is 0 Å². The minimum Gasteiger partial charge on any atom is -0.369 e. The van der Waals surface area contributed by atoms with Crippen LogP contribution in [0.1, 0.15) is 13.8 Å². The van der Waals surface area contributed by atoms with Gasteiger partial charge in [0.1, 0.15) is 0 Å². The van der Waals surface area contributed by atoms with E-state index in [2.05, 4.69) is 37.8 Å². The summed E-state index contributed by atoms with van der Waals surface area (Å²) in [5, 5.41) is 0.686. The highest BCUT2D eigenvalue weighted by molar-refractivity contribution is 6.35. The van der Waals surface area contributed by atoms with Gasteiger partial charge in [0.2, 0.25) is 5.95 Å². The van der Waals surface area contributed by atoms with Crippen molar-refractivity contribution >= 4 is 28.6 Å². The Bertz CT molecular complexity index is 572. The summed E-state index contributed by atoms with van der Waals surface area (Å²) >= 11 is 6.25. The molecule has 2 aromatic rings. The fourth-order valence-electron chi connectivity index (χ4n) is 1.85. The molecule has 1 aromatic carbocycles. The summed E-state index contributed by atoms with van der Waals surface area (Å²) in [7, 11) is 4.10. The molecular formula is C13H19ClN4. The van der Waals surface area contributed by atoms with Gasteiger partial charge < -0.3 is 15.2 Å². The van der Waals surface area contributed by atoms with E-state index in [9.17, 15) is 0 Å². The molecule has 1 heterocycles. The summed E-state index contributed by atoms with van der Waals surface area (Å²) in [6, 6.07) is 5.68. The van der Waals surface area contributed by atoms with E-state index in [4.69, 9.17) is 17.3 Å². The van der Waals surface area contributed by atoms with Gasteiger partial charge in [0.05, 0.1) is 16.1 Å². The molecule has 2 rings (SSSR count). The van der Waals surface area contributed by atoms with Crippen LogP contribution in [0.25, 0.3) is 11.0 Å². The Balaban J connectivity index is 2.54. The Morgan fingerprint density at radius 2 is 2.06 bits per heavy atom. The van der Waals surface area contributed by atoms with E-state index in [1.54, 1.807) is 0 Å². The maximum Gasteiger partial charge on any atom is 0.201 e. The molecule has 1 aromatic heterocycles. The van der Waals surface area contributed by atoms with Crippen LogP contribution in [-0.4, -0.2) is 34.1 Å². The van der Waals surface area contributed by atoms with Crippen LogP contribution < -0.4 is 5.73 Å². The lowest BCUT2D eigenvalue weighted by molar-refractivity contribution is 0.172. The molecule has 4 nitrogen and oxygen atoms in total. The summed E-state index contributed by atoms with van der Waals surface area (Å²) in [6.45, 7) is 5.07. The zero-order valence-corrected chi connectivity index (χ0v) is 12.0. The average molecular weight is 267 g/mol. The number of anilines is 1. The van der Waals surface area contributed by atoms with Crippen molar-refractivity contribution in [1.29, 1.82) is 0 Å². The largest absolute Gasteiger partial charge is 0.369 e. The van der Waals surface area contributed by atoms with E-state index >= 15 is 0 Å². The zero-order chi connectivity index (χ0) is 13.5. The first kappa shape index (κ1) is 13.2. The lowest BCUT2D eigenvalue weighted by Crippen LogP contribution is -2.42. The number of benzene rings is 1. The van der Waals surface area contributed by atoms with E-state index in [1.807, 2.05) is 22.8 Å². The zero-order valence-electron chi connectivity index (χ0n) is 11.2. The van der Waals surface area contributed by atoms with Crippen molar-refractivity contribution in [2.45, 2.75) is 25.9 Å². The van der Waals surface area contributed by atoms with Crippen molar-refractivity contribution in [1.82, 2.24) is 14.5 Å². The molecule has 0 saturated carbocycles. The van der Waals surface area contributed by atoms with Crippen LogP contribution >= 0.6 is 11.6 Å². The number of aromatic nitrogens is 2. The van der Waals surface area contributed by atoms with Gasteiger partial charge in [-0.1, -0.05) is 17.7 Å². The monoisotopic (exact) mass is 266 g/mol. The number of nitrogens with two attached hydrogens (primary N) is 1. The van der Waals surface area contributed by atoms with Crippen LogP contribution in [0.3, 0.4) is 0 Å². The quantitative estimate of drug-likeness (QED) is 0.929. The molecule has 0 unspecified atom stereocenters. The molecule has 0 aliphatic rings. The number of fused-ring (bicyclic) bond motifs is 1. The summed E-state index contributed by atoms with van der Waals surface area (Å²) in [6.07, 6.45) is 0. The van der Waals surface area contributed by atoms with Gasteiger partial charge in [-0.05, 0) is 40.1 Å². The number of imidazole rings is 1. The molecule has 18 heavy (non-hydrogen) atoms. The minimum atomic E-state index is -0.0269. The minimum absolute atomic E-state index is 0.0269. The molecule has 98 valence electrons. The third-order valence-electron chi connectivity index (χ3n) is 3.50. The van der Waals surface area contributed by atoms with E-state index in [-0.39, 0.29) is 5.54 Å². The second kappa shape index (κ2) is 4.44. The second-order valence-corrected chi connectivity index (χ2v) is 5.78. The number of nitrogens with zero attached hydrogens (tertiary/aromatic N) is 3. The van der Waals surface area contributed by atoms with Crippen LogP contribution in [0, 0.1) is 0 Å². The molecule has 0 aliphatic heterocycles. The second-order valence-electron chi connectivity index (χ2n) is 5.37. The number of halogens is 1. The molecule has 0 atom stereocenters. The van der Waals surface area contributed by atoms with Crippen LogP contribution in [0.15, 0.2) is 18.2 Å². The number of para-hydroxylation sites is 1. The number of hydrogen-bond donors (Lipinski definition) is 1. The first-order chi connectivity index (χ1) is 8.33. The average Bonchev–Trinajstić information content (AvgIpc) is 2.56. The highest BCUT2D eigenvalue weighted by atomic mass is 35.5. The van der Waals surface area contributed by atoms with Gasteiger partial charge in [0.25, 0.3) is 0 Å². The van der Waals surface area contributed by atoms with Crippen molar-refractivity contribution in [2.24, 2.45) is 0 Å². The van der Waals surface area contributed by atoms with Gasteiger partial charge in [-0.15, -0.1) is 0 Å². The molecule has 2 N–H and O–H groups in total. The fourth-order valence-corrected chi connectivity index (χ4v) is 2.12. The van der Waals surface area contributed by atoms with Crippen LogP contribution in [-0.2, 0) is 6.54 Å². The van der Waals surface area contributed by atoms with Crippen molar-refractivity contribution < 1.29 is 0 Å². The van der Waals surface area contributed by atoms with Crippen LogP contribution in [0.5, 0.6) is 0 Å². The Morgan fingerprint density at radius 3 is 2.67 bits per heavy atom. The predicted molar refractivity (Wildman–Crippen MR) is 76.9 cm³/mol. The third kappa shape index (κ3) is 2.18. The molecule has 0 bridgehead atoms. The van der Waals surface area contributed by atoms with Gasteiger partial charge >= 0.3 is 0 Å². The highest BCUT2D eigenvalue weighted by Crippen LogP contribution is 2.27. The number of hydrogen-bond acceptors (Lipinski definition) is 3. The van der Waals surface area contributed by atoms with Gasteiger partial charge in [0, 0.05) is 12.1 Å². The smallest absolute Gasteiger partial charge is 0.201 e. The van der Waals surface area contributed by atoms with Crippen molar-refractivity contribution in [2.75, 3.05) is 19.8 Å². The topological polar surface area (TPSA) is 47.1 Å². The molecule has 0 spiro atoms. The standard InChI is InChI=1S/C13H19ClN4/c1-13(2,17(3)4)8-18-11-9(14)6-5-7-10(11)16-12(18)15/h5-7H,8H2,1-4H3,(H2,15,16). The van der Waals surface area contributed by atoms with E-state index in [1.165, 1.54) is 0 Å². The highest BCUT2D eigenvalue weighted by Gasteiger charge is 2.24. The number of nitrogen functional groups attached to an aromatic ring is 1. The summed E-state index contributed by atoms with van der Waals surface area (Å²) in [5.41, 5.74) is 7.73. The van der Waals surface area contributed by atoms with Gasteiger partial charge in [-0.2, -0.15) is 0 Å². The molecule has 5 heteroatoms. The van der Waals surface area contributed by atoms with Crippen LogP contribution in [0.2, 0.25) is 5.02 Å². The Hall–Kier alpha value is -1.26. The first-order valence-electron chi connectivity index (χ1n) is 5.90. The van der Waals surface area contributed by atoms with E-state index in [0.29, 0.717) is 11.0 Å². The lowest BCUT2D eigenvalue weighted by Gasteiger charge is -2.33. The molecule has 0 radical (unpaired) electrons. The predicted octanol–water partition coefficient (Wildman–Crippen LogP) is 2.61.